The number of carboxylic acid groups (broad SMARTS) is 1. The van der Waals surface area contributed by atoms with Crippen LogP contribution in [0.15, 0.2) is 53.3 Å². The van der Waals surface area contributed by atoms with Gasteiger partial charge >= 0.3 is 12.1 Å². The fourth-order valence-electron chi connectivity index (χ4n) is 3.98. The first kappa shape index (κ1) is 23.7. The number of halogens is 4. The van der Waals surface area contributed by atoms with Crippen LogP contribution in [0.1, 0.15) is 31.9 Å². The lowest BCUT2D eigenvalue weighted by Gasteiger charge is -2.28. The van der Waals surface area contributed by atoms with Crippen molar-refractivity contribution >= 4 is 27.9 Å². The maximum absolute atomic E-state index is 14.0. The largest absolute Gasteiger partial charge is 0.480 e. The Hall–Kier alpha value is -3.40. The van der Waals surface area contributed by atoms with Crippen LogP contribution >= 0.6 is 0 Å². The fourth-order valence-corrected chi connectivity index (χ4v) is 3.98. The topological polar surface area (TPSA) is 80.3 Å². The maximum Gasteiger partial charge on any atom is 0.407 e. The van der Waals surface area contributed by atoms with Crippen LogP contribution < -0.4 is 5.32 Å². The number of alkyl halides is 4. The van der Waals surface area contributed by atoms with E-state index >= 15 is 0 Å². The minimum atomic E-state index is -4.82. The molecule has 0 bridgehead atoms. The number of carbonyl (C=O) groups is 1. The summed E-state index contributed by atoms with van der Waals surface area (Å²) in [6.07, 6.45) is -1.94. The molecule has 0 unspecified atom stereocenters. The molecule has 4 aromatic rings. The highest BCUT2D eigenvalue weighted by Gasteiger charge is 2.44. The van der Waals surface area contributed by atoms with Crippen LogP contribution in [-0.2, 0) is 11.8 Å². The number of aromatic nitrogens is 2. The van der Waals surface area contributed by atoms with Gasteiger partial charge in [0.15, 0.2) is 0 Å². The number of nitrogens with one attached hydrogen (secondary N) is 1. The Bertz CT molecular complexity index is 1350. The quantitative estimate of drug-likeness (QED) is 0.330. The zero-order valence-electron chi connectivity index (χ0n) is 18.7. The van der Waals surface area contributed by atoms with Crippen molar-refractivity contribution in [1.82, 2.24) is 14.9 Å². The summed E-state index contributed by atoms with van der Waals surface area (Å²) in [5, 5.41) is 12.8. The van der Waals surface area contributed by atoms with E-state index in [1.54, 1.807) is 17.0 Å². The molecule has 6 nitrogen and oxygen atoms in total. The summed E-state index contributed by atoms with van der Waals surface area (Å²) >= 11 is 0. The van der Waals surface area contributed by atoms with Gasteiger partial charge in [0.1, 0.15) is 28.9 Å². The summed E-state index contributed by atoms with van der Waals surface area (Å²) in [5.74, 6) is -1.56. The Morgan fingerprint density at radius 2 is 1.85 bits per heavy atom. The molecular weight excluding hydrogens is 454 g/mol. The number of carboxylic acids is 1. The van der Waals surface area contributed by atoms with Crippen molar-refractivity contribution in [2.24, 2.45) is 7.05 Å². The van der Waals surface area contributed by atoms with Gasteiger partial charge in [-0.3, -0.25) is 10.1 Å². The van der Waals surface area contributed by atoms with Gasteiger partial charge < -0.3 is 14.1 Å². The average Bonchev–Trinajstić information content (AvgIpc) is 3.31. The summed E-state index contributed by atoms with van der Waals surface area (Å²) in [6.45, 7) is 2.24. The van der Waals surface area contributed by atoms with E-state index < -0.39 is 36.3 Å². The zero-order chi connectivity index (χ0) is 24.8. The van der Waals surface area contributed by atoms with Gasteiger partial charge in [-0.2, -0.15) is 13.2 Å². The smallest absolute Gasteiger partial charge is 0.407 e. The van der Waals surface area contributed by atoms with Gasteiger partial charge in [-0.25, -0.2) is 9.37 Å². The van der Waals surface area contributed by atoms with Crippen LogP contribution in [0.3, 0.4) is 0 Å². The maximum atomic E-state index is 14.0. The molecule has 0 aliphatic heterocycles. The standard InChI is InChI=1S/C24H23F4N3O3/c1-23(2,25)10-17(22(32)33)30-21(24(26,27)28)14-4-6-15-16-8-13(18-11-31(3)12-29-18)5-7-19(16)34-20(15)9-14/h4-9,11-12,17,21,30H,10H2,1-3H3,(H,32,33)/t17-,21-/m0/s1. The predicted octanol–water partition coefficient (Wildman–Crippen LogP) is 5.77. The number of rotatable bonds is 7. The highest BCUT2D eigenvalue weighted by atomic mass is 19.4. The van der Waals surface area contributed by atoms with Crippen molar-refractivity contribution in [3.63, 3.8) is 0 Å². The van der Waals surface area contributed by atoms with Crippen molar-refractivity contribution in [3.8, 4) is 11.3 Å². The number of fused-ring (bicyclic) bond motifs is 3. The molecule has 0 radical (unpaired) electrons. The zero-order valence-corrected chi connectivity index (χ0v) is 18.7. The van der Waals surface area contributed by atoms with Crippen LogP contribution in [0.2, 0.25) is 0 Å². The molecule has 2 atom stereocenters. The van der Waals surface area contributed by atoms with Gasteiger partial charge in [-0.1, -0.05) is 12.1 Å². The molecule has 0 amide bonds. The molecule has 2 heterocycles. The molecule has 2 aromatic heterocycles. The highest BCUT2D eigenvalue weighted by molar-refractivity contribution is 6.06. The molecule has 4 rings (SSSR count). The van der Waals surface area contributed by atoms with Gasteiger partial charge in [0.25, 0.3) is 0 Å². The van der Waals surface area contributed by atoms with Gasteiger partial charge in [0, 0.05) is 36.0 Å². The third kappa shape index (κ3) is 4.91. The van der Waals surface area contributed by atoms with E-state index in [1.807, 2.05) is 25.4 Å². The predicted molar refractivity (Wildman–Crippen MR) is 119 cm³/mol. The van der Waals surface area contributed by atoms with E-state index in [9.17, 15) is 27.5 Å². The Balaban J connectivity index is 1.74. The number of hydrogen-bond donors (Lipinski definition) is 2. The van der Waals surface area contributed by atoms with E-state index in [4.69, 9.17) is 4.42 Å². The third-order valence-electron chi connectivity index (χ3n) is 5.51. The summed E-state index contributed by atoms with van der Waals surface area (Å²) in [5.41, 5.74) is 0.0811. The number of imidazole rings is 1. The van der Waals surface area contributed by atoms with Gasteiger partial charge in [-0.05, 0) is 43.7 Å². The molecule has 0 aliphatic carbocycles. The van der Waals surface area contributed by atoms with Crippen molar-refractivity contribution in [1.29, 1.82) is 0 Å². The van der Waals surface area contributed by atoms with Crippen LogP contribution in [0, 0.1) is 0 Å². The summed E-state index contributed by atoms with van der Waals surface area (Å²) in [6, 6.07) is 5.35. The van der Waals surface area contributed by atoms with E-state index in [0.717, 1.165) is 25.1 Å². The second-order valence-corrected chi connectivity index (χ2v) is 8.95. The summed E-state index contributed by atoms with van der Waals surface area (Å²) < 4.78 is 63.4. The lowest BCUT2D eigenvalue weighted by atomic mass is 9.97. The molecule has 2 N–H and O–H groups in total. The minimum Gasteiger partial charge on any atom is -0.480 e. The molecule has 0 saturated heterocycles. The van der Waals surface area contributed by atoms with E-state index in [0.29, 0.717) is 16.4 Å². The number of aryl methyl sites for hydroxylation is 1. The highest BCUT2D eigenvalue weighted by Crippen LogP contribution is 2.38. The van der Waals surface area contributed by atoms with E-state index in [-0.39, 0.29) is 11.1 Å². The number of benzene rings is 2. The first-order valence-corrected chi connectivity index (χ1v) is 10.5. The Labute approximate surface area is 192 Å². The lowest BCUT2D eigenvalue weighted by Crippen LogP contribution is -2.47. The van der Waals surface area contributed by atoms with Crippen LogP contribution in [0.5, 0.6) is 0 Å². The molecule has 180 valence electrons. The molecule has 0 saturated carbocycles. The van der Waals surface area contributed by atoms with Crippen LogP contribution in [0.25, 0.3) is 33.2 Å². The second-order valence-electron chi connectivity index (χ2n) is 8.95. The van der Waals surface area contributed by atoms with Crippen molar-refractivity contribution in [2.75, 3.05) is 0 Å². The van der Waals surface area contributed by atoms with Gasteiger partial charge in [0.05, 0.1) is 12.0 Å². The molecule has 0 fully saturated rings. The third-order valence-corrected chi connectivity index (χ3v) is 5.51. The molecule has 0 spiro atoms. The number of furan rings is 1. The van der Waals surface area contributed by atoms with Crippen LogP contribution in [0.4, 0.5) is 17.6 Å². The molecule has 34 heavy (non-hydrogen) atoms. The summed E-state index contributed by atoms with van der Waals surface area (Å²) in [7, 11) is 1.85. The second kappa shape index (κ2) is 8.43. The number of aliphatic carboxylic acids is 1. The SMILES string of the molecule is Cn1cnc(-c2ccc3oc4cc([C@H](N[C@@H](CC(C)(C)F)C(=O)O)C(F)(F)F)ccc4c3c2)c1. The minimum absolute atomic E-state index is 0.222. The first-order valence-electron chi connectivity index (χ1n) is 10.5. The Morgan fingerprint density at radius 1 is 1.12 bits per heavy atom. The fraction of sp³-hybridized carbons (Fsp3) is 0.333. The van der Waals surface area contributed by atoms with Crippen LogP contribution in [-0.4, -0.2) is 38.5 Å². The lowest BCUT2D eigenvalue weighted by molar-refractivity contribution is -0.164. The monoisotopic (exact) mass is 477 g/mol. The molecule has 0 aliphatic rings. The van der Waals surface area contributed by atoms with Crippen molar-refractivity contribution in [3.05, 3.63) is 54.5 Å². The van der Waals surface area contributed by atoms with E-state index in [1.165, 1.54) is 18.2 Å². The van der Waals surface area contributed by atoms with Crippen molar-refractivity contribution < 1.29 is 31.9 Å². The number of hydrogen-bond acceptors (Lipinski definition) is 4. The van der Waals surface area contributed by atoms with Gasteiger partial charge in [0.2, 0.25) is 0 Å². The molecule has 10 heteroatoms. The van der Waals surface area contributed by atoms with Gasteiger partial charge in [-0.15, -0.1) is 0 Å². The first-order chi connectivity index (χ1) is 15.8. The summed E-state index contributed by atoms with van der Waals surface area (Å²) in [4.78, 5) is 15.8. The van der Waals surface area contributed by atoms with E-state index in [2.05, 4.69) is 10.3 Å². The average molecular weight is 477 g/mol. The normalized spacial score (nSPS) is 14.6. The molecule has 2 aromatic carbocycles. The molecular formula is C24H23F4N3O3. The van der Waals surface area contributed by atoms with Crippen molar-refractivity contribution in [2.45, 2.75) is 44.2 Å². The number of nitrogens with zero attached hydrogens (tertiary/aromatic N) is 2. The Kier molecular flexibility index (Phi) is 5.89. The Morgan fingerprint density at radius 3 is 2.44 bits per heavy atom.